The van der Waals surface area contributed by atoms with Crippen molar-refractivity contribution in [3.63, 3.8) is 0 Å². The third-order valence-corrected chi connectivity index (χ3v) is 4.86. The van der Waals surface area contributed by atoms with E-state index in [4.69, 9.17) is 4.74 Å². The summed E-state index contributed by atoms with van der Waals surface area (Å²) in [5.41, 5.74) is 1.19. The molecule has 21 heavy (non-hydrogen) atoms. The first-order valence-electron chi connectivity index (χ1n) is 7.05. The summed E-state index contributed by atoms with van der Waals surface area (Å²) >= 11 is 0. The molecule has 0 aliphatic carbocycles. The highest BCUT2D eigenvalue weighted by Gasteiger charge is 2.26. The zero-order valence-electron chi connectivity index (χ0n) is 12.8. The molecule has 1 saturated heterocycles. The fourth-order valence-electron chi connectivity index (χ4n) is 2.36. The third kappa shape index (κ3) is 4.66. The van der Waals surface area contributed by atoms with Gasteiger partial charge in [0.25, 0.3) is 0 Å². The smallest absolute Gasteiger partial charge is 0.211 e. The van der Waals surface area contributed by atoms with E-state index in [9.17, 15) is 8.42 Å². The standard InChI is InChI=1S/C14H23N3O3S/c1-16(2)14-10-12(6-7-15-14)4-5-13-11-17(8-9-20-13)21(3,18)19/h6-7,10,13H,4-5,8-9,11H2,1-3H3/t13-/m1/s1. The summed E-state index contributed by atoms with van der Waals surface area (Å²) in [6.07, 6.45) is 4.68. The summed E-state index contributed by atoms with van der Waals surface area (Å²) in [7, 11) is 0.794. The predicted molar refractivity (Wildman–Crippen MR) is 83.0 cm³/mol. The number of aryl methyl sites for hydroxylation is 1. The Morgan fingerprint density at radius 3 is 2.90 bits per heavy atom. The van der Waals surface area contributed by atoms with E-state index in [-0.39, 0.29) is 6.10 Å². The van der Waals surface area contributed by atoms with Crippen LogP contribution in [-0.2, 0) is 21.2 Å². The van der Waals surface area contributed by atoms with E-state index in [1.54, 1.807) is 6.20 Å². The summed E-state index contributed by atoms with van der Waals surface area (Å²) in [6, 6.07) is 4.04. The second-order valence-corrected chi connectivity index (χ2v) is 7.55. The van der Waals surface area contributed by atoms with Crippen molar-refractivity contribution in [3.05, 3.63) is 23.9 Å². The zero-order valence-corrected chi connectivity index (χ0v) is 13.6. The molecule has 1 aliphatic rings. The molecule has 1 aromatic heterocycles. The van der Waals surface area contributed by atoms with Crippen LogP contribution in [0.5, 0.6) is 0 Å². The average Bonchev–Trinajstić information content (AvgIpc) is 2.45. The number of aromatic nitrogens is 1. The van der Waals surface area contributed by atoms with Gasteiger partial charge in [-0.15, -0.1) is 0 Å². The highest BCUT2D eigenvalue weighted by Crippen LogP contribution is 2.16. The number of hydrogen-bond donors (Lipinski definition) is 0. The molecule has 1 atom stereocenters. The fourth-order valence-corrected chi connectivity index (χ4v) is 3.20. The van der Waals surface area contributed by atoms with Crippen molar-refractivity contribution in [1.29, 1.82) is 0 Å². The van der Waals surface area contributed by atoms with Crippen molar-refractivity contribution in [2.24, 2.45) is 0 Å². The number of morpholine rings is 1. The van der Waals surface area contributed by atoms with Crippen molar-refractivity contribution in [2.45, 2.75) is 18.9 Å². The molecule has 0 bridgehead atoms. The van der Waals surface area contributed by atoms with Crippen LogP contribution in [0.3, 0.4) is 0 Å². The van der Waals surface area contributed by atoms with Gasteiger partial charge in [0.1, 0.15) is 5.82 Å². The summed E-state index contributed by atoms with van der Waals surface area (Å²) in [4.78, 5) is 6.25. The van der Waals surface area contributed by atoms with Crippen LogP contribution >= 0.6 is 0 Å². The van der Waals surface area contributed by atoms with E-state index in [1.165, 1.54) is 16.1 Å². The SMILES string of the molecule is CN(C)c1cc(CC[C@@H]2CN(S(C)(=O)=O)CCO2)ccn1. The van der Waals surface area contributed by atoms with Crippen molar-refractivity contribution in [2.75, 3.05) is 44.9 Å². The molecule has 7 heteroatoms. The van der Waals surface area contributed by atoms with Crippen molar-refractivity contribution < 1.29 is 13.2 Å². The lowest BCUT2D eigenvalue weighted by atomic mass is 10.1. The van der Waals surface area contributed by atoms with Gasteiger partial charge in [-0.05, 0) is 30.5 Å². The zero-order chi connectivity index (χ0) is 15.5. The second-order valence-electron chi connectivity index (χ2n) is 5.57. The molecule has 2 heterocycles. The topological polar surface area (TPSA) is 62.7 Å². The van der Waals surface area contributed by atoms with Gasteiger partial charge in [0.15, 0.2) is 0 Å². The van der Waals surface area contributed by atoms with Crippen LogP contribution in [0.1, 0.15) is 12.0 Å². The molecular formula is C14H23N3O3S. The molecule has 0 spiro atoms. The Hall–Kier alpha value is -1.18. The molecule has 0 aromatic carbocycles. The summed E-state index contributed by atoms with van der Waals surface area (Å²) in [6.45, 7) is 1.37. The molecule has 0 saturated carbocycles. The third-order valence-electron chi connectivity index (χ3n) is 3.59. The maximum atomic E-state index is 11.6. The van der Waals surface area contributed by atoms with E-state index in [2.05, 4.69) is 11.1 Å². The van der Waals surface area contributed by atoms with E-state index >= 15 is 0 Å². The molecule has 0 unspecified atom stereocenters. The van der Waals surface area contributed by atoms with Gasteiger partial charge in [-0.3, -0.25) is 0 Å². The van der Waals surface area contributed by atoms with Crippen LogP contribution in [-0.4, -0.2) is 63.9 Å². The molecule has 1 fully saturated rings. The van der Waals surface area contributed by atoms with Gasteiger partial charge >= 0.3 is 0 Å². The largest absolute Gasteiger partial charge is 0.375 e. The van der Waals surface area contributed by atoms with Gasteiger partial charge in [0.05, 0.1) is 19.0 Å². The molecular weight excluding hydrogens is 290 g/mol. The monoisotopic (exact) mass is 313 g/mol. The fraction of sp³-hybridized carbons (Fsp3) is 0.643. The number of anilines is 1. The minimum Gasteiger partial charge on any atom is -0.375 e. The normalized spacial score (nSPS) is 20.4. The van der Waals surface area contributed by atoms with Gasteiger partial charge in [-0.2, -0.15) is 4.31 Å². The summed E-state index contributed by atoms with van der Waals surface area (Å²) in [5, 5.41) is 0. The lowest BCUT2D eigenvalue weighted by molar-refractivity contribution is -0.00506. The number of rotatable bonds is 5. The van der Waals surface area contributed by atoms with Crippen molar-refractivity contribution in [3.8, 4) is 0 Å². The lowest BCUT2D eigenvalue weighted by Gasteiger charge is -2.31. The van der Waals surface area contributed by atoms with E-state index in [0.29, 0.717) is 19.7 Å². The van der Waals surface area contributed by atoms with Crippen molar-refractivity contribution in [1.82, 2.24) is 9.29 Å². The van der Waals surface area contributed by atoms with E-state index in [0.717, 1.165) is 18.7 Å². The Labute approximate surface area is 126 Å². The first-order chi connectivity index (χ1) is 9.86. The maximum Gasteiger partial charge on any atom is 0.211 e. The molecule has 118 valence electrons. The average molecular weight is 313 g/mol. The first-order valence-corrected chi connectivity index (χ1v) is 8.90. The Morgan fingerprint density at radius 1 is 1.48 bits per heavy atom. The Morgan fingerprint density at radius 2 is 2.24 bits per heavy atom. The molecule has 6 nitrogen and oxygen atoms in total. The Balaban J connectivity index is 1.92. The van der Waals surface area contributed by atoms with E-state index < -0.39 is 10.0 Å². The number of sulfonamides is 1. The number of ether oxygens (including phenoxy) is 1. The molecule has 1 aromatic rings. The number of hydrogen-bond acceptors (Lipinski definition) is 5. The molecule has 0 N–H and O–H groups in total. The van der Waals surface area contributed by atoms with Crippen molar-refractivity contribution >= 4 is 15.8 Å². The van der Waals surface area contributed by atoms with Crippen LogP contribution in [0, 0.1) is 0 Å². The van der Waals surface area contributed by atoms with Crippen LogP contribution in [0.15, 0.2) is 18.3 Å². The first kappa shape index (κ1) is 16.2. The number of pyridine rings is 1. The minimum absolute atomic E-state index is 0.0375. The molecule has 1 aliphatic heterocycles. The van der Waals surface area contributed by atoms with Crippen LogP contribution < -0.4 is 4.90 Å². The van der Waals surface area contributed by atoms with Gasteiger partial charge in [-0.1, -0.05) is 0 Å². The maximum absolute atomic E-state index is 11.6. The van der Waals surface area contributed by atoms with E-state index in [1.807, 2.05) is 25.1 Å². The lowest BCUT2D eigenvalue weighted by Crippen LogP contribution is -2.45. The van der Waals surface area contributed by atoms with Gasteiger partial charge < -0.3 is 9.64 Å². The number of nitrogens with zero attached hydrogens (tertiary/aromatic N) is 3. The van der Waals surface area contributed by atoms with Crippen LogP contribution in [0.25, 0.3) is 0 Å². The Bertz CT molecular complexity index is 575. The second kappa shape index (κ2) is 6.72. The highest BCUT2D eigenvalue weighted by molar-refractivity contribution is 7.88. The quantitative estimate of drug-likeness (QED) is 0.802. The van der Waals surface area contributed by atoms with Gasteiger partial charge in [0, 0.05) is 33.4 Å². The molecule has 0 radical (unpaired) electrons. The predicted octanol–water partition coefficient (Wildman–Crippen LogP) is 0.741. The minimum atomic E-state index is -3.12. The molecule has 2 rings (SSSR count). The molecule has 0 amide bonds. The van der Waals surface area contributed by atoms with Gasteiger partial charge in [0.2, 0.25) is 10.0 Å². The van der Waals surface area contributed by atoms with Crippen LogP contribution in [0.2, 0.25) is 0 Å². The van der Waals surface area contributed by atoms with Gasteiger partial charge in [-0.25, -0.2) is 13.4 Å². The Kier molecular flexibility index (Phi) is 5.18. The summed E-state index contributed by atoms with van der Waals surface area (Å²) < 4.78 is 30.3. The van der Waals surface area contributed by atoms with Crippen LogP contribution in [0.4, 0.5) is 5.82 Å². The summed E-state index contributed by atoms with van der Waals surface area (Å²) in [5.74, 6) is 0.926. The highest BCUT2D eigenvalue weighted by atomic mass is 32.2.